The number of benzene rings is 2. The van der Waals surface area contributed by atoms with Gasteiger partial charge < -0.3 is 15.2 Å². The lowest BCUT2D eigenvalue weighted by molar-refractivity contribution is -0.137. The van der Waals surface area contributed by atoms with Crippen molar-refractivity contribution in [3.05, 3.63) is 59.7 Å². The first-order chi connectivity index (χ1) is 15.2. The van der Waals surface area contributed by atoms with Crippen LogP contribution in [0.25, 0.3) is 27.9 Å². The Balaban J connectivity index is 1.98. The molecule has 0 fully saturated rings. The van der Waals surface area contributed by atoms with Gasteiger partial charge in [-0.1, -0.05) is 18.2 Å². The second-order valence-corrected chi connectivity index (χ2v) is 7.20. The average Bonchev–Trinajstić information content (AvgIpc) is 3.02. The Morgan fingerprint density at radius 1 is 1.12 bits per heavy atom. The minimum absolute atomic E-state index is 0.0707. The van der Waals surface area contributed by atoms with Gasteiger partial charge in [0, 0.05) is 12.8 Å². The van der Waals surface area contributed by atoms with E-state index in [9.17, 15) is 18.0 Å². The maximum atomic E-state index is 13.3. The maximum Gasteiger partial charge on any atom is 0.416 e. The number of fused-ring (bicyclic) bond motifs is 2. The molecule has 2 aromatic heterocycles. The SMILES string of the molecule is COC[C@@H](C)OC(=O)c1c(N)n(-c2cccc(C(F)(F)F)c2)c2nc3ccccc3nc12. The number of nitrogen functional groups attached to an aromatic ring is 1. The lowest BCUT2D eigenvalue weighted by Gasteiger charge is -2.13. The molecule has 2 heterocycles. The third-order valence-electron chi connectivity index (χ3n) is 4.84. The molecule has 0 radical (unpaired) electrons. The van der Waals surface area contributed by atoms with Crippen LogP contribution in [0.15, 0.2) is 48.5 Å². The second kappa shape index (κ2) is 8.12. The molecule has 4 aromatic rings. The molecule has 166 valence electrons. The molecule has 10 heteroatoms. The van der Waals surface area contributed by atoms with Crippen LogP contribution in [-0.2, 0) is 15.7 Å². The van der Waals surface area contributed by atoms with Crippen molar-refractivity contribution >= 4 is 34.0 Å². The van der Waals surface area contributed by atoms with Gasteiger partial charge in [0.25, 0.3) is 0 Å². The normalized spacial score (nSPS) is 12.9. The van der Waals surface area contributed by atoms with Gasteiger partial charge in [-0.25, -0.2) is 14.8 Å². The summed E-state index contributed by atoms with van der Waals surface area (Å²) in [7, 11) is 1.47. The first kappa shape index (κ1) is 21.6. The number of ether oxygens (including phenoxy) is 2. The number of methoxy groups -OCH3 is 1. The number of hydrogen-bond acceptors (Lipinski definition) is 6. The highest BCUT2D eigenvalue weighted by Crippen LogP contribution is 2.35. The molecule has 0 spiro atoms. The number of aromatic nitrogens is 3. The van der Waals surface area contributed by atoms with Gasteiger partial charge in [-0.2, -0.15) is 13.2 Å². The molecule has 1 atom stereocenters. The molecule has 0 aliphatic rings. The van der Waals surface area contributed by atoms with E-state index < -0.39 is 23.8 Å². The zero-order valence-corrected chi connectivity index (χ0v) is 17.2. The van der Waals surface area contributed by atoms with Crippen molar-refractivity contribution in [2.75, 3.05) is 19.5 Å². The van der Waals surface area contributed by atoms with Crippen LogP contribution < -0.4 is 5.73 Å². The Labute approximate surface area is 180 Å². The number of nitrogens with zero attached hydrogens (tertiary/aromatic N) is 3. The maximum absolute atomic E-state index is 13.3. The number of carbonyl (C=O) groups is 1. The molecule has 0 aliphatic heterocycles. The quantitative estimate of drug-likeness (QED) is 0.460. The lowest BCUT2D eigenvalue weighted by atomic mass is 10.2. The molecule has 0 amide bonds. The number of rotatable bonds is 5. The van der Waals surface area contributed by atoms with Gasteiger partial charge in [-0.05, 0) is 37.3 Å². The molecule has 2 N–H and O–H groups in total. The van der Waals surface area contributed by atoms with Gasteiger partial charge in [-0.15, -0.1) is 0 Å². The molecular formula is C22H19F3N4O3. The van der Waals surface area contributed by atoms with Crippen molar-refractivity contribution in [1.29, 1.82) is 0 Å². The van der Waals surface area contributed by atoms with Gasteiger partial charge in [0.15, 0.2) is 5.65 Å². The van der Waals surface area contributed by atoms with E-state index in [-0.39, 0.29) is 34.8 Å². The highest BCUT2D eigenvalue weighted by molar-refractivity contribution is 6.09. The van der Waals surface area contributed by atoms with Crippen molar-refractivity contribution in [1.82, 2.24) is 14.5 Å². The molecule has 7 nitrogen and oxygen atoms in total. The number of anilines is 1. The van der Waals surface area contributed by atoms with Crippen LogP contribution in [0.4, 0.5) is 19.0 Å². The topological polar surface area (TPSA) is 92.3 Å². The lowest BCUT2D eigenvalue weighted by Crippen LogP contribution is -2.20. The van der Waals surface area contributed by atoms with E-state index in [2.05, 4.69) is 9.97 Å². The predicted molar refractivity (Wildman–Crippen MR) is 113 cm³/mol. The van der Waals surface area contributed by atoms with E-state index in [0.29, 0.717) is 11.0 Å². The summed E-state index contributed by atoms with van der Waals surface area (Å²) in [5.74, 6) is -0.892. The van der Waals surface area contributed by atoms with Gasteiger partial charge in [0.2, 0.25) is 0 Å². The second-order valence-electron chi connectivity index (χ2n) is 7.20. The van der Waals surface area contributed by atoms with Crippen molar-refractivity contribution in [3.63, 3.8) is 0 Å². The minimum atomic E-state index is -4.55. The molecule has 0 unspecified atom stereocenters. The molecular weight excluding hydrogens is 425 g/mol. The van der Waals surface area contributed by atoms with E-state index >= 15 is 0 Å². The smallest absolute Gasteiger partial charge is 0.416 e. The fourth-order valence-corrected chi connectivity index (χ4v) is 3.46. The standard InChI is InChI=1S/C22H19F3N4O3/c1-12(11-31-2)32-21(30)17-18-20(28-16-9-4-3-8-15(16)27-18)29(19(17)26)14-7-5-6-13(10-14)22(23,24)25/h3-10,12H,11,26H2,1-2H3/t12-/m1/s1. The van der Waals surface area contributed by atoms with Crippen LogP contribution >= 0.6 is 0 Å². The minimum Gasteiger partial charge on any atom is -0.456 e. The molecule has 4 rings (SSSR count). The van der Waals surface area contributed by atoms with Gasteiger partial charge in [0.05, 0.1) is 23.2 Å². The zero-order chi connectivity index (χ0) is 23.0. The van der Waals surface area contributed by atoms with Crippen molar-refractivity contribution in [2.24, 2.45) is 0 Å². The number of para-hydroxylation sites is 2. The zero-order valence-electron chi connectivity index (χ0n) is 17.2. The van der Waals surface area contributed by atoms with Crippen LogP contribution in [0.5, 0.6) is 0 Å². The number of alkyl halides is 3. The molecule has 0 bridgehead atoms. The summed E-state index contributed by atoms with van der Waals surface area (Å²) in [5.41, 5.74) is 6.73. The number of hydrogen-bond donors (Lipinski definition) is 1. The highest BCUT2D eigenvalue weighted by Gasteiger charge is 2.32. The van der Waals surface area contributed by atoms with Crippen LogP contribution in [0.2, 0.25) is 0 Å². The number of esters is 1. The van der Waals surface area contributed by atoms with Crippen LogP contribution in [0, 0.1) is 0 Å². The van der Waals surface area contributed by atoms with Gasteiger partial charge >= 0.3 is 12.1 Å². The fraction of sp³-hybridized carbons (Fsp3) is 0.227. The molecule has 0 aliphatic carbocycles. The number of carbonyl (C=O) groups excluding carboxylic acids is 1. The molecule has 32 heavy (non-hydrogen) atoms. The summed E-state index contributed by atoms with van der Waals surface area (Å²) in [4.78, 5) is 22.0. The van der Waals surface area contributed by atoms with Crippen LogP contribution in [0.3, 0.4) is 0 Å². The Morgan fingerprint density at radius 3 is 2.47 bits per heavy atom. The first-order valence-corrected chi connectivity index (χ1v) is 9.65. The van der Waals surface area contributed by atoms with Gasteiger partial charge in [-0.3, -0.25) is 4.57 Å². The van der Waals surface area contributed by atoms with E-state index in [1.165, 1.54) is 23.8 Å². The van der Waals surface area contributed by atoms with E-state index in [1.54, 1.807) is 31.2 Å². The van der Waals surface area contributed by atoms with E-state index in [1.807, 2.05) is 0 Å². The summed E-state index contributed by atoms with van der Waals surface area (Å²) in [6.45, 7) is 1.80. The third kappa shape index (κ3) is 3.84. The average molecular weight is 444 g/mol. The number of halogens is 3. The summed E-state index contributed by atoms with van der Waals surface area (Å²) >= 11 is 0. The van der Waals surface area contributed by atoms with Crippen molar-refractivity contribution < 1.29 is 27.4 Å². The van der Waals surface area contributed by atoms with Crippen LogP contribution in [0.1, 0.15) is 22.8 Å². The number of nitrogens with two attached hydrogens (primary N) is 1. The monoisotopic (exact) mass is 444 g/mol. The van der Waals surface area contributed by atoms with E-state index in [4.69, 9.17) is 15.2 Å². The highest BCUT2D eigenvalue weighted by atomic mass is 19.4. The fourth-order valence-electron chi connectivity index (χ4n) is 3.46. The summed E-state index contributed by atoms with van der Waals surface area (Å²) < 4.78 is 51.6. The van der Waals surface area contributed by atoms with E-state index in [0.717, 1.165) is 12.1 Å². The summed E-state index contributed by atoms with van der Waals surface area (Å²) in [5, 5.41) is 0. The predicted octanol–water partition coefficient (Wildman–Crippen LogP) is 4.37. The van der Waals surface area contributed by atoms with Crippen LogP contribution in [-0.4, -0.2) is 40.3 Å². The van der Waals surface area contributed by atoms with Crippen molar-refractivity contribution in [3.8, 4) is 5.69 Å². The molecule has 2 aromatic carbocycles. The summed E-state index contributed by atoms with van der Waals surface area (Å²) in [6.07, 6.45) is -5.13. The first-order valence-electron chi connectivity index (χ1n) is 9.65. The summed E-state index contributed by atoms with van der Waals surface area (Å²) in [6, 6.07) is 11.5. The largest absolute Gasteiger partial charge is 0.456 e. The molecule has 0 saturated carbocycles. The Kier molecular flexibility index (Phi) is 5.47. The molecule has 0 saturated heterocycles. The Morgan fingerprint density at radius 2 is 1.81 bits per heavy atom. The Hall–Kier alpha value is -3.66. The third-order valence-corrected chi connectivity index (χ3v) is 4.84. The van der Waals surface area contributed by atoms with Crippen molar-refractivity contribution in [2.45, 2.75) is 19.2 Å². The Bertz CT molecular complexity index is 1320. The van der Waals surface area contributed by atoms with Gasteiger partial charge in [0.1, 0.15) is 23.0 Å².